The fraction of sp³-hybridized carbons (Fsp3) is 0.320. The second-order valence-electron chi connectivity index (χ2n) is 7.87. The number of halogens is 1. The molecule has 34 heavy (non-hydrogen) atoms. The maximum Gasteiger partial charge on any atom is 0.255 e. The van der Waals surface area contributed by atoms with Gasteiger partial charge >= 0.3 is 0 Å². The molecular formula is C25H28FN5O2S. The van der Waals surface area contributed by atoms with Gasteiger partial charge in [-0.25, -0.2) is 9.07 Å². The zero-order valence-electron chi connectivity index (χ0n) is 19.5. The summed E-state index contributed by atoms with van der Waals surface area (Å²) >= 11 is 1.57. The number of unbranched alkanes of at least 4 members (excludes halogenated alkanes) is 1. The van der Waals surface area contributed by atoms with Crippen LogP contribution < -0.4 is 15.4 Å². The van der Waals surface area contributed by atoms with Crippen LogP contribution in [0, 0.1) is 5.82 Å². The van der Waals surface area contributed by atoms with Gasteiger partial charge in [0.2, 0.25) is 11.1 Å². The molecule has 2 N–H and O–H groups in total. The quantitative estimate of drug-likeness (QED) is 0.304. The molecule has 1 atom stereocenters. The van der Waals surface area contributed by atoms with Crippen molar-refractivity contribution < 1.29 is 13.9 Å². The van der Waals surface area contributed by atoms with Crippen LogP contribution in [0.2, 0.25) is 0 Å². The Balaban J connectivity index is 1.73. The molecule has 0 aliphatic carbocycles. The van der Waals surface area contributed by atoms with Crippen molar-refractivity contribution in [2.75, 3.05) is 23.0 Å². The molecule has 0 bridgehead atoms. The van der Waals surface area contributed by atoms with Gasteiger partial charge in [0.25, 0.3) is 5.91 Å². The molecule has 4 rings (SSSR count). The SMILES string of the molecule is CCCCSc1nc2n(n1)C(c1cccc(F)c1)C(C(=O)Nc1ccccc1OCC)=C(C)N2. The zero-order chi connectivity index (χ0) is 24.1. The van der Waals surface area contributed by atoms with E-state index in [4.69, 9.17) is 4.74 Å². The average Bonchev–Trinajstić information content (AvgIpc) is 3.22. The summed E-state index contributed by atoms with van der Waals surface area (Å²) in [6, 6.07) is 12.9. The third-order valence-corrected chi connectivity index (χ3v) is 6.33. The first-order valence-electron chi connectivity index (χ1n) is 11.4. The number of hydrogen-bond donors (Lipinski definition) is 2. The molecule has 7 nitrogen and oxygen atoms in total. The minimum Gasteiger partial charge on any atom is -0.492 e. The van der Waals surface area contributed by atoms with Crippen molar-refractivity contribution in [3.05, 3.63) is 71.2 Å². The summed E-state index contributed by atoms with van der Waals surface area (Å²) < 4.78 is 21.5. The van der Waals surface area contributed by atoms with Crippen LogP contribution in [0.15, 0.2) is 65.0 Å². The fourth-order valence-corrected chi connectivity index (χ4v) is 4.73. The first kappa shape index (κ1) is 23.8. The highest BCUT2D eigenvalue weighted by molar-refractivity contribution is 7.99. The van der Waals surface area contributed by atoms with E-state index < -0.39 is 6.04 Å². The molecule has 1 aliphatic heterocycles. The number of fused-ring (bicyclic) bond motifs is 1. The summed E-state index contributed by atoms with van der Waals surface area (Å²) in [5.41, 5.74) is 2.23. The Morgan fingerprint density at radius 2 is 2.06 bits per heavy atom. The maximum absolute atomic E-state index is 14.2. The highest BCUT2D eigenvalue weighted by atomic mass is 32.2. The van der Waals surface area contributed by atoms with E-state index in [1.54, 1.807) is 40.7 Å². The predicted molar refractivity (Wildman–Crippen MR) is 133 cm³/mol. The topological polar surface area (TPSA) is 81.1 Å². The van der Waals surface area contributed by atoms with E-state index in [1.807, 2.05) is 26.0 Å². The largest absolute Gasteiger partial charge is 0.492 e. The number of rotatable bonds is 9. The van der Waals surface area contributed by atoms with Crippen molar-refractivity contribution in [1.82, 2.24) is 14.8 Å². The van der Waals surface area contributed by atoms with Crippen LogP contribution >= 0.6 is 11.8 Å². The van der Waals surface area contributed by atoms with Gasteiger partial charge in [0.15, 0.2) is 0 Å². The summed E-state index contributed by atoms with van der Waals surface area (Å²) in [5, 5.41) is 11.5. The normalized spacial score (nSPS) is 15.0. The van der Waals surface area contributed by atoms with Crippen molar-refractivity contribution >= 4 is 29.3 Å². The van der Waals surface area contributed by atoms with Gasteiger partial charge in [0.1, 0.15) is 17.6 Å². The van der Waals surface area contributed by atoms with Gasteiger partial charge in [0.05, 0.1) is 17.9 Å². The number of para-hydroxylation sites is 2. The van der Waals surface area contributed by atoms with Crippen molar-refractivity contribution in [3.63, 3.8) is 0 Å². The van der Waals surface area contributed by atoms with Crippen LogP contribution in [0.3, 0.4) is 0 Å². The minimum atomic E-state index is -0.640. The number of benzene rings is 2. The number of carbonyl (C=O) groups excluding carboxylic acids is 1. The van der Waals surface area contributed by atoms with Crippen LogP contribution in [0.25, 0.3) is 0 Å². The van der Waals surface area contributed by atoms with Crippen LogP contribution in [-0.4, -0.2) is 33.0 Å². The van der Waals surface area contributed by atoms with Crippen molar-refractivity contribution in [2.45, 2.75) is 44.8 Å². The van der Waals surface area contributed by atoms with E-state index in [0.29, 0.717) is 46.0 Å². The Morgan fingerprint density at radius 3 is 2.82 bits per heavy atom. The molecule has 1 unspecified atom stereocenters. The lowest BCUT2D eigenvalue weighted by Crippen LogP contribution is -2.31. The van der Waals surface area contributed by atoms with Crippen LogP contribution in [0.4, 0.5) is 16.0 Å². The number of nitrogens with one attached hydrogen (secondary N) is 2. The highest BCUT2D eigenvalue weighted by Crippen LogP contribution is 2.37. The third kappa shape index (κ3) is 5.09. The number of hydrogen-bond acceptors (Lipinski definition) is 6. The highest BCUT2D eigenvalue weighted by Gasteiger charge is 2.34. The molecule has 3 aromatic rings. The van der Waals surface area contributed by atoms with Crippen molar-refractivity contribution in [1.29, 1.82) is 0 Å². The third-order valence-electron chi connectivity index (χ3n) is 5.41. The lowest BCUT2D eigenvalue weighted by atomic mass is 9.95. The van der Waals surface area contributed by atoms with Gasteiger partial charge in [-0.05, 0) is 50.1 Å². The Bertz CT molecular complexity index is 1210. The number of amides is 1. The summed E-state index contributed by atoms with van der Waals surface area (Å²) in [5.74, 6) is 1.30. The number of thioether (sulfide) groups is 1. The number of carbonyl (C=O) groups is 1. The molecule has 0 saturated heterocycles. The Hall–Kier alpha value is -3.33. The molecule has 0 saturated carbocycles. The molecule has 2 aromatic carbocycles. The molecule has 2 heterocycles. The monoisotopic (exact) mass is 481 g/mol. The maximum atomic E-state index is 14.2. The van der Waals surface area contributed by atoms with E-state index in [-0.39, 0.29) is 11.7 Å². The lowest BCUT2D eigenvalue weighted by molar-refractivity contribution is -0.113. The zero-order valence-corrected chi connectivity index (χ0v) is 20.3. The summed E-state index contributed by atoms with van der Waals surface area (Å²) in [6.45, 7) is 6.31. The van der Waals surface area contributed by atoms with E-state index in [9.17, 15) is 9.18 Å². The van der Waals surface area contributed by atoms with Crippen molar-refractivity contribution in [3.8, 4) is 5.75 Å². The fourth-order valence-electron chi connectivity index (χ4n) is 3.82. The van der Waals surface area contributed by atoms with Crippen LogP contribution in [-0.2, 0) is 4.79 Å². The number of ether oxygens (including phenoxy) is 1. The second-order valence-corrected chi connectivity index (χ2v) is 8.93. The van der Waals surface area contributed by atoms with Gasteiger partial charge < -0.3 is 15.4 Å². The van der Waals surface area contributed by atoms with E-state index in [0.717, 1.165) is 18.6 Å². The van der Waals surface area contributed by atoms with Gasteiger partial charge in [-0.2, -0.15) is 4.98 Å². The summed E-state index contributed by atoms with van der Waals surface area (Å²) in [6.07, 6.45) is 2.14. The van der Waals surface area contributed by atoms with E-state index in [1.165, 1.54) is 12.1 Å². The Labute approximate surface area is 202 Å². The molecular weight excluding hydrogens is 453 g/mol. The first-order valence-corrected chi connectivity index (χ1v) is 12.4. The first-order chi connectivity index (χ1) is 16.5. The van der Waals surface area contributed by atoms with Gasteiger partial charge in [-0.15, -0.1) is 5.10 Å². The number of aromatic nitrogens is 3. The Morgan fingerprint density at radius 1 is 1.24 bits per heavy atom. The molecule has 1 aliphatic rings. The molecule has 1 amide bonds. The van der Waals surface area contributed by atoms with Crippen molar-refractivity contribution in [2.24, 2.45) is 0 Å². The lowest BCUT2D eigenvalue weighted by Gasteiger charge is -2.28. The standard InChI is InChI=1S/C25H28FN5O2S/c1-4-6-14-34-25-29-24-27-16(3)21(22(31(24)30-25)17-10-9-11-18(26)15-17)23(32)28-19-12-7-8-13-20(19)33-5-2/h7-13,15,22H,4-6,14H2,1-3H3,(H,28,32)(H,27,29,30). The summed E-state index contributed by atoms with van der Waals surface area (Å²) in [4.78, 5) is 18.2. The van der Waals surface area contributed by atoms with Gasteiger partial charge in [0, 0.05) is 11.4 Å². The number of anilines is 2. The second kappa shape index (κ2) is 10.7. The number of nitrogens with zero attached hydrogens (tertiary/aromatic N) is 3. The van der Waals surface area contributed by atoms with Crippen LogP contribution in [0.5, 0.6) is 5.75 Å². The van der Waals surface area contributed by atoms with Gasteiger partial charge in [-0.1, -0.05) is 49.4 Å². The minimum absolute atomic E-state index is 0.326. The van der Waals surface area contributed by atoms with Gasteiger partial charge in [-0.3, -0.25) is 4.79 Å². The molecule has 0 spiro atoms. The molecule has 178 valence electrons. The number of allylic oxidation sites excluding steroid dienone is 1. The predicted octanol–water partition coefficient (Wildman–Crippen LogP) is 5.64. The molecule has 1 aromatic heterocycles. The van der Waals surface area contributed by atoms with Crippen LogP contribution in [0.1, 0.15) is 45.2 Å². The molecule has 0 fully saturated rings. The average molecular weight is 482 g/mol. The van der Waals surface area contributed by atoms with E-state index in [2.05, 4.69) is 27.6 Å². The summed E-state index contributed by atoms with van der Waals surface area (Å²) in [7, 11) is 0. The van der Waals surface area contributed by atoms with E-state index >= 15 is 0 Å². The molecule has 0 radical (unpaired) electrons. The molecule has 9 heteroatoms. The Kier molecular flexibility index (Phi) is 7.52. The smallest absolute Gasteiger partial charge is 0.255 e.